The van der Waals surface area contributed by atoms with Gasteiger partial charge in [-0.3, -0.25) is 4.57 Å². The number of pyridine rings is 1. The molecule has 0 unspecified atom stereocenters. The van der Waals surface area contributed by atoms with Crippen molar-refractivity contribution < 1.29 is 0 Å². The van der Waals surface area contributed by atoms with E-state index in [0.29, 0.717) is 0 Å². The quantitative estimate of drug-likeness (QED) is 0.227. The second-order valence-electron chi connectivity index (χ2n) is 10.5. The fourth-order valence-electron chi connectivity index (χ4n) is 6.59. The lowest BCUT2D eigenvalue weighted by Crippen LogP contribution is -1.99. The third-order valence-corrected chi connectivity index (χ3v) is 8.31. The zero-order chi connectivity index (χ0) is 26.2. The molecule has 186 valence electrons. The second kappa shape index (κ2) is 8.05. The minimum absolute atomic E-state index is 0.928. The van der Waals surface area contributed by atoms with E-state index in [1.165, 1.54) is 54.3 Å². The molecule has 6 aromatic carbocycles. The van der Waals surface area contributed by atoms with Crippen LogP contribution in [-0.4, -0.2) is 14.1 Å². The van der Waals surface area contributed by atoms with Crippen molar-refractivity contribution in [2.75, 3.05) is 0 Å². The molecule has 3 heteroatoms. The number of hydrogen-bond acceptors (Lipinski definition) is 1. The summed E-state index contributed by atoms with van der Waals surface area (Å²) in [6, 6.07) is 47.9. The van der Waals surface area contributed by atoms with Crippen molar-refractivity contribution in [3.05, 3.63) is 140 Å². The molecule has 9 rings (SSSR count). The lowest BCUT2D eigenvalue weighted by Gasteiger charge is -2.13. The Balaban J connectivity index is 1.56. The number of para-hydroxylation sites is 3. The van der Waals surface area contributed by atoms with Crippen molar-refractivity contribution in [3.63, 3.8) is 0 Å². The van der Waals surface area contributed by atoms with E-state index in [-0.39, 0.29) is 0 Å². The smallest absolute Gasteiger partial charge is 0.138 e. The van der Waals surface area contributed by atoms with Crippen LogP contribution in [-0.2, 0) is 0 Å². The highest BCUT2D eigenvalue weighted by atomic mass is 15.1. The van der Waals surface area contributed by atoms with Gasteiger partial charge in [-0.15, -0.1) is 0 Å². The number of benzene rings is 6. The van der Waals surface area contributed by atoms with Crippen LogP contribution in [0.15, 0.2) is 140 Å². The third kappa shape index (κ3) is 2.86. The van der Waals surface area contributed by atoms with Gasteiger partial charge in [-0.05, 0) is 41.1 Å². The first kappa shape index (κ1) is 21.5. The number of fused-ring (bicyclic) bond motifs is 10. The Kier molecular flexibility index (Phi) is 4.33. The summed E-state index contributed by atoms with van der Waals surface area (Å²) >= 11 is 0. The van der Waals surface area contributed by atoms with Crippen LogP contribution in [0.4, 0.5) is 0 Å². The molecular weight excluding hydrogens is 486 g/mol. The lowest BCUT2D eigenvalue weighted by atomic mass is 10.0. The molecule has 0 radical (unpaired) electrons. The monoisotopic (exact) mass is 509 g/mol. The fourth-order valence-corrected chi connectivity index (χ4v) is 6.59. The van der Waals surface area contributed by atoms with Gasteiger partial charge in [0.25, 0.3) is 0 Å². The van der Waals surface area contributed by atoms with Crippen molar-refractivity contribution in [2.24, 2.45) is 0 Å². The molecule has 0 aliphatic rings. The first-order valence-electron chi connectivity index (χ1n) is 13.7. The van der Waals surface area contributed by atoms with Gasteiger partial charge in [0.2, 0.25) is 0 Å². The van der Waals surface area contributed by atoms with Gasteiger partial charge in [-0.2, -0.15) is 0 Å². The minimum Gasteiger partial charge on any atom is -0.309 e. The van der Waals surface area contributed by atoms with E-state index in [0.717, 1.165) is 22.4 Å². The van der Waals surface area contributed by atoms with E-state index >= 15 is 0 Å². The van der Waals surface area contributed by atoms with E-state index in [4.69, 9.17) is 4.98 Å². The Morgan fingerprint density at radius 2 is 1.00 bits per heavy atom. The van der Waals surface area contributed by atoms with Gasteiger partial charge in [0.1, 0.15) is 5.82 Å². The SMILES string of the molecule is c1ccc(-n2c3ccccc3c3ccc4ccc5c6ccccc6n(-c6cc7ccccc7cn6)c5c4c32)cc1. The molecule has 0 spiro atoms. The average molecular weight is 510 g/mol. The van der Waals surface area contributed by atoms with Crippen LogP contribution < -0.4 is 0 Å². The lowest BCUT2D eigenvalue weighted by molar-refractivity contribution is 1.09. The van der Waals surface area contributed by atoms with Gasteiger partial charge in [-0.25, -0.2) is 4.98 Å². The zero-order valence-electron chi connectivity index (χ0n) is 21.6. The third-order valence-electron chi connectivity index (χ3n) is 8.31. The Bertz CT molecular complexity index is 2420. The van der Waals surface area contributed by atoms with E-state index in [1.54, 1.807) is 0 Å². The van der Waals surface area contributed by atoms with Gasteiger partial charge in [0.05, 0.1) is 22.1 Å². The van der Waals surface area contributed by atoms with Gasteiger partial charge < -0.3 is 4.57 Å². The van der Waals surface area contributed by atoms with Crippen LogP contribution in [0.3, 0.4) is 0 Å². The van der Waals surface area contributed by atoms with Crippen molar-refractivity contribution in [2.45, 2.75) is 0 Å². The molecular formula is C37H23N3. The molecule has 9 aromatic rings. The summed E-state index contributed by atoms with van der Waals surface area (Å²) in [6.07, 6.45) is 1.99. The Morgan fingerprint density at radius 3 is 1.73 bits per heavy atom. The number of aromatic nitrogens is 3. The van der Waals surface area contributed by atoms with Crippen LogP contribution >= 0.6 is 0 Å². The van der Waals surface area contributed by atoms with Crippen LogP contribution in [0.5, 0.6) is 0 Å². The summed E-state index contributed by atoms with van der Waals surface area (Å²) in [5, 5.41) is 9.75. The highest BCUT2D eigenvalue weighted by Crippen LogP contribution is 2.42. The Hall–Kier alpha value is -5.41. The molecule has 0 saturated heterocycles. The Morgan fingerprint density at radius 1 is 0.425 bits per heavy atom. The van der Waals surface area contributed by atoms with E-state index in [1.807, 2.05) is 6.20 Å². The number of nitrogens with zero attached hydrogens (tertiary/aromatic N) is 3. The van der Waals surface area contributed by atoms with Gasteiger partial charge in [-0.1, -0.05) is 103 Å². The first-order valence-corrected chi connectivity index (χ1v) is 13.7. The van der Waals surface area contributed by atoms with Gasteiger partial charge in [0.15, 0.2) is 0 Å². The highest BCUT2D eigenvalue weighted by molar-refractivity contribution is 6.28. The van der Waals surface area contributed by atoms with E-state index < -0.39 is 0 Å². The molecule has 0 bridgehead atoms. The van der Waals surface area contributed by atoms with Gasteiger partial charge in [0, 0.05) is 44.2 Å². The van der Waals surface area contributed by atoms with Crippen LogP contribution in [0, 0.1) is 0 Å². The first-order chi connectivity index (χ1) is 19.9. The number of rotatable bonds is 2. The predicted octanol–water partition coefficient (Wildman–Crippen LogP) is 9.58. The maximum absolute atomic E-state index is 5.02. The molecule has 3 aromatic heterocycles. The molecule has 0 aliphatic heterocycles. The molecule has 0 saturated carbocycles. The van der Waals surface area contributed by atoms with Crippen molar-refractivity contribution in [1.29, 1.82) is 0 Å². The molecule has 0 N–H and O–H groups in total. The average Bonchev–Trinajstić information content (AvgIpc) is 3.54. The van der Waals surface area contributed by atoms with Crippen molar-refractivity contribution in [1.82, 2.24) is 14.1 Å². The van der Waals surface area contributed by atoms with E-state index in [2.05, 4.69) is 143 Å². The second-order valence-corrected chi connectivity index (χ2v) is 10.5. The molecule has 0 atom stereocenters. The fraction of sp³-hybridized carbons (Fsp3) is 0. The summed E-state index contributed by atoms with van der Waals surface area (Å²) < 4.78 is 4.80. The molecule has 40 heavy (non-hydrogen) atoms. The summed E-state index contributed by atoms with van der Waals surface area (Å²) in [7, 11) is 0. The summed E-state index contributed by atoms with van der Waals surface area (Å²) in [6.45, 7) is 0. The highest BCUT2D eigenvalue weighted by Gasteiger charge is 2.21. The van der Waals surface area contributed by atoms with Crippen LogP contribution in [0.1, 0.15) is 0 Å². The topological polar surface area (TPSA) is 22.8 Å². The van der Waals surface area contributed by atoms with Gasteiger partial charge >= 0.3 is 0 Å². The summed E-state index contributed by atoms with van der Waals surface area (Å²) in [5.74, 6) is 0.928. The normalized spacial score (nSPS) is 12.0. The van der Waals surface area contributed by atoms with Crippen molar-refractivity contribution in [3.8, 4) is 11.5 Å². The van der Waals surface area contributed by atoms with E-state index in [9.17, 15) is 0 Å². The largest absolute Gasteiger partial charge is 0.309 e. The minimum atomic E-state index is 0.928. The van der Waals surface area contributed by atoms with Crippen molar-refractivity contribution >= 4 is 65.2 Å². The molecule has 0 amide bonds. The Labute approximate surface area is 230 Å². The summed E-state index contributed by atoms with van der Waals surface area (Å²) in [4.78, 5) is 5.02. The number of hydrogen-bond donors (Lipinski definition) is 0. The predicted molar refractivity (Wildman–Crippen MR) is 168 cm³/mol. The van der Waals surface area contributed by atoms with Crippen LogP contribution in [0.2, 0.25) is 0 Å². The molecule has 3 nitrogen and oxygen atoms in total. The maximum atomic E-state index is 5.02. The molecule has 3 heterocycles. The standard InChI is InChI=1S/C37H23N3/c1-2-12-27(13-3-1)39-32-16-8-6-14-28(32)30-20-18-24-19-21-31-29-15-7-9-17-33(29)40(37(31)35(24)36(30)39)34-22-25-10-4-5-11-26(25)23-38-34/h1-23H. The van der Waals surface area contributed by atoms with Crippen LogP contribution in [0.25, 0.3) is 76.7 Å². The molecule has 0 aliphatic carbocycles. The maximum Gasteiger partial charge on any atom is 0.138 e. The summed E-state index contributed by atoms with van der Waals surface area (Å²) in [5.41, 5.74) is 5.93. The molecule has 0 fully saturated rings. The zero-order valence-corrected chi connectivity index (χ0v) is 21.6.